The van der Waals surface area contributed by atoms with Crippen molar-refractivity contribution < 1.29 is 4.57 Å². The van der Waals surface area contributed by atoms with E-state index in [1.807, 2.05) is 11.3 Å². The smallest absolute Gasteiger partial charge is 0.262 e. The zero-order valence-corrected chi connectivity index (χ0v) is 16.7. The fraction of sp³-hybridized carbons (Fsp3) is 0.261. The minimum Gasteiger partial charge on any atom is -0.347 e. The van der Waals surface area contributed by atoms with Gasteiger partial charge in [0.15, 0.2) is 0 Å². The summed E-state index contributed by atoms with van der Waals surface area (Å²) >= 11 is 1.85. The summed E-state index contributed by atoms with van der Waals surface area (Å²) in [7, 11) is 2.17. The largest absolute Gasteiger partial charge is 0.347 e. The lowest BCUT2D eigenvalue weighted by Crippen LogP contribution is -2.33. The maximum Gasteiger partial charge on any atom is 0.262 e. The number of hydrogen-bond donors (Lipinski definition) is 0. The average Bonchev–Trinajstić information content (AvgIpc) is 3.10. The Labute approximate surface area is 159 Å². The van der Waals surface area contributed by atoms with E-state index in [2.05, 4.69) is 104 Å². The lowest BCUT2D eigenvalue weighted by molar-refractivity contribution is -0.665. The van der Waals surface area contributed by atoms with Crippen molar-refractivity contribution >= 4 is 33.3 Å². The molecule has 1 aliphatic heterocycles. The SMILES string of the molecule is CC[n+]1c(C=CC=C2N(C)c3ccccc3C2(C)C)sc2ccccc21. The summed E-state index contributed by atoms with van der Waals surface area (Å²) in [5.74, 6) is 0. The minimum absolute atomic E-state index is 0.0244. The quantitative estimate of drug-likeness (QED) is 0.556. The molecule has 4 rings (SSSR count). The van der Waals surface area contributed by atoms with Gasteiger partial charge in [0.05, 0.1) is 0 Å². The van der Waals surface area contributed by atoms with Gasteiger partial charge in [-0.2, -0.15) is 4.57 Å². The zero-order valence-electron chi connectivity index (χ0n) is 15.9. The number of fused-ring (bicyclic) bond motifs is 2. The molecule has 0 bridgehead atoms. The van der Waals surface area contributed by atoms with E-state index in [9.17, 15) is 0 Å². The van der Waals surface area contributed by atoms with E-state index in [4.69, 9.17) is 0 Å². The highest BCUT2D eigenvalue weighted by molar-refractivity contribution is 7.18. The molecule has 0 saturated heterocycles. The molecule has 1 aliphatic rings. The summed E-state index contributed by atoms with van der Waals surface area (Å²) < 4.78 is 3.72. The summed E-state index contributed by atoms with van der Waals surface area (Å²) in [6.07, 6.45) is 6.72. The normalized spacial score (nSPS) is 17.5. The van der Waals surface area contributed by atoms with Crippen molar-refractivity contribution in [3.05, 3.63) is 77.0 Å². The summed E-state index contributed by atoms with van der Waals surface area (Å²) in [5.41, 5.74) is 5.38. The molecule has 0 amide bonds. The number of anilines is 1. The Hall–Kier alpha value is -2.39. The van der Waals surface area contributed by atoms with E-state index in [-0.39, 0.29) is 5.41 Å². The van der Waals surface area contributed by atoms with Crippen molar-refractivity contribution in [2.75, 3.05) is 11.9 Å². The lowest BCUT2D eigenvalue weighted by atomic mass is 9.84. The minimum atomic E-state index is 0.0244. The highest BCUT2D eigenvalue weighted by Gasteiger charge is 2.37. The molecule has 3 aromatic rings. The number of aryl methyl sites for hydroxylation is 1. The Morgan fingerprint density at radius 2 is 1.81 bits per heavy atom. The van der Waals surface area contributed by atoms with Crippen LogP contribution >= 0.6 is 11.3 Å². The first kappa shape index (κ1) is 17.0. The van der Waals surface area contributed by atoms with Crippen LogP contribution in [-0.2, 0) is 12.0 Å². The second-order valence-electron chi connectivity index (χ2n) is 7.26. The van der Waals surface area contributed by atoms with Crippen LogP contribution in [0.25, 0.3) is 16.3 Å². The number of hydrogen-bond acceptors (Lipinski definition) is 2. The number of benzene rings is 2. The van der Waals surface area contributed by atoms with E-state index in [1.54, 1.807) is 0 Å². The maximum atomic E-state index is 2.38. The van der Waals surface area contributed by atoms with Crippen molar-refractivity contribution in [1.29, 1.82) is 0 Å². The van der Waals surface area contributed by atoms with Gasteiger partial charge in [0.1, 0.15) is 11.2 Å². The first-order chi connectivity index (χ1) is 12.5. The van der Waals surface area contributed by atoms with E-state index < -0.39 is 0 Å². The molecule has 2 heterocycles. The number of allylic oxidation sites excluding steroid dienone is 3. The Balaban J connectivity index is 1.71. The van der Waals surface area contributed by atoms with E-state index >= 15 is 0 Å². The van der Waals surface area contributed by atoms with Crippen LogP contribution in [0.2, 0.25) is 0 Å². The van der Waals surface area contributed by atoms with Gasteiger partial charge in [0.2, 0.25) is 5.52 Å². The van der Waals surface area contributed by atoms with Crippen LogP contribution in [0.1, 0.15) is 31.3 Å². The predicted octanol–water partition coefficient (Wildman–Crippen LogP) is 5.53. The molecule has 0 aliphatic carbocycles. The molecule has 0 fully saturated rings. The van der Waals surface area contributed by atoms with Gasteiger partial charge in [-0.05, 0) is 30.7 Å². The molecule has 0 unspecified atom stereocenters. The van der Waals surface area contributed by atoms with Crippen molar-refractivity contribution in [3.8, 4) is 0 Å². The third kappa shape index (κ3) is 2.58. The molecule has 0 radical (unpaired) electrons. The molecule has 2 aromatic carbocycles. The van der Waals surface area contributed by atoms with Crippen molar-refractivity contribution in [2.24, 2.45) is 0 Å². The molecule has 132 valence electrons. The fourth-order valence-corrected chi connectivity index (χ4v) is 5.17. The fourth-order valence-electron chi connectivity index (χ4n) is 4.03. The number of nitrogens with zero attached hydrogens (tertiary/aromatic N) is 2. The molecule has 26 heavy (non-hydrogen) atoms. The first-order valence-corrected chi connectivity index (χ1v) is 9.99. The number of rotatable bonds is 3. The molecular formula is C23H25N2S+. The first-order valence-electron chi connectivity index (χ1n) is 9.17. The van der Waals surface area contributed by atoms with Crippen LogP contribution in [0.4, 0.5) is 5.69 Å². The van der Waals surface area contributed by atoms with E-state index in [0.29, 0.717) is 0 Å². The number of thiazole rings is 1. The Bertz CT molecular complexity index is 1020. The molecule has 3 heteroatoms. The van der Waals surface area contributed by atoms with Gasteiger partial charge in [-0.15, -0.1) is 0 Å². The number of para-hydroxylation sites is 2. The van der Waals surface area contributed by atoms with Crippen LogP contribution in [0.5, 0.6) is 0 Å². The number of aromatic nitrogens is 1. The van der Waals surface area contributed by atoms with Gasteiger partial charge in [0, 0.05) is 36.0 Å². The van der Waals surface area contributed by atoms with Gasteiger partial charge in [-0.25, -0.2) is 0 Å². The van der Waals surface area contributed by atoms with Crippen molar-refractivity contribution in [2.45, 2.75) is 32.7 Å². The lowest BCUT2D eigenvalue weighted by Gasteiger charge is -2.23. The Kier molecular flexibility index (Phi) is 4.20. The number of likely N-dealkylation sites (N-methyl/N-ethyl adjacent to an activating group) is 1. The van der Waals surface area contributed by atoms with Gasteiger partial charge in [0.25, 0.3) is 5.01 Å². The standard InChI is InChI=1S/C23H25N2S/c1-5-25-19-13-8-9-14-20(19)26-22(25)16-10-15-21-23(2,3)17-11-6-7-12-18(17)24(21)4/h6-16H,5H2,1-4H3/q+1. The third-order valence-electron chi connectivity index (χ3n) is 5.39. The van der Waals surface area contributed by atoms with Crippen LogP contribution in [0.15, 0.2) is 66.4 Å². The van der Waals surface area contributed by atoms with Gasteiger partial charge < -0.3 is 4.90 Å². The van der Waals surface area contributed by atoms with Crippen LogP contribution in [0, 0.1) is 0 Å². The second kappa shape index (κ2) is 6.40. The van der Waals surface area contributed by atoms with Crippen molar-refractivity contribution in [3.63, 3.8) is 0 Å². The second-order valence-corrected chi connectivity index (χ2v) is 8.33. The van der Waals surface area contributed by atoms with Crippen LogP contribution < -0.4 is 9.47 Å². The molecular weight excluding hydrogens is 336 g/mol. The van der Waals surface area contributed by atoms with Gasteiger partial charge in [-0.3, -0.25) is 0 Å². The molecule has 0 spiro atoms. The monoisotopic (exact) mass is 361 g/mol. The molecule has 0 N–H and O–H groups in total. The Morgan fingerprint density at radius 3 is 2.58 bits per heavy atom. The molecule has 1 aromatic heterocycles. The maximum absolute atomic E-state index is 2.38. The zero-order chi connectivity index (χ0) is 18.3. The Morgan fingerprint density at radius 1 is 1.08 bits per heavy atom. The average molecular weight is 362 g/mol. The summed E-state index contributed by atoms with van der Waals surface area (Å²) in [6, 6.07) is 17.3. The van der Waals surface area contributed by atoms with Crippen molar-refractivity contribution in [1.82, 2.24) is 0 Å². The highest BCUT2D eigenvalue weighted by atomic mass is 32.1. The predicted molar refractivity (Wildman–Crippen MR) is 113 cm³/mol. The van der Waals surface area contributed by atoms with Crippen LogP contribution in [-0.4, -0.2) is 7.05 Å². The molecule has 0 atom stereocenters. The highest BCUT2D eigenvalue weighted by Crippen LogP contribution is 2.46. The van der Waals surface area contributed by atoms with E-state index in [0.717, 1.165) is 6.54 Å². The topological polar surface area (TPSA) is 7.12 Å². The van der Waals surface area contributed by atoms with E-state index in [1.165, 1.54) is 32.2 Å². The summed E-state index contributed by atoms with van der Waals surface area (Å²) in [6.45, 7) is 7.80. The summed E-state index contributed by atoms with van der Waals surface area (Å²) in [4.78, 5) is 2.32. The van der Waals surface area contributed by atoms with Gasteiger partial charge >= 0.3 is 0 Å². The van der Waals surface area contributed by atoms with Crippen LogP contribution in [0.3, 0.4) is 0 Å². The molecule has 2 nitrogen and oxygen atoms in total. The molecule has 0 saturated carbocycles. The third-order valence-corrected chi connectivity index (χ3v) is 6.52. The summed E-state index contributed by atoms with van der Waals surface area (Å²) in [5, 5.41) is 1.29. The van der Waals surface area contributed by atoms with Gasteiger partial charge in [-0.1, -0.05) is 61.6 Å².